The molecule has 0 aliphatic carbocycles. The van der Waals surface area contributed by atoms with E-state index in [9.17, 15) is 23.4 Å². The number of aromatic nitrogens is 2. The van der Waals surface area contributed by atoms with Crippen LogP contribution in [0.2, 0.25) is 0 Å². The zero-order valence-corrected chi connectivity index (χ0v) is 18.0. The summed E-state index contributed by atoms with van der Waals surface area (Å²) in [5.41, 5.74) is -0.220. The third-order valence-corrected chi connectivity index (χ3v) is 4.45. The van der Waals surface area contributed by atoms with Crippen LogP contribution in [0.5, 0.6) is 6.01 Å². The number of aliphatic imine (C=N–C) groups is 2. The largest absolute Gasteiger partial charge is 0.468 e. The van der Waals surface area contributed by atoms with Crippen LogP contribution in [-0.4, -0.2) is 76.4 Å². The Morgan fingerprint density at radius 2 is 1.97 bits per heavy atom. The van der Waals surface area contributed by atoms with E-state index in [2.05, 4.69) is 40.5 Å². The molecule has 1 aromatic heterocycles. The lowest BCUT2D eigenvalue weighted by molar-refractivity contribution is -0.198. The Kier molecular flexibility index (Phi) is 9.10. The van der Waals surface area contributed by atoms with Gasteiger partial charge in [-0.2, -0.15) is 13.2 Å². The standard InChI is InChI=1S/C20H27F3N4O5/c1-11(2)5-13-6-25-19(26-7-13)31-9-14-17(28)18(29)15(10-30-14)32-16(8-24-4)27-12(3)20(21,22)23/h6-8,11,14-15,17-18,28-29H,4-5,9-10H2,1-3H3/b16-8+,27-12+/t14-,15+,17+,18-/m1/s1. The molecule has 1 aliphatic heterocycles. The number of alkyl halides is 3. The highest BCUT2D eigenvalue weighted by atomic mass is 19.4. The van der Waals surface area contributed by atoms with Gasteiger partial charge in [-0.3, -0.25) is 4.99 Å². The Morgan fingerprint density at radius 1 is 1.31 bits per heavy atom. The molecule has 0 spiro atoms. The van der Waals surface area contributed by atoms with E-state index in [1.165, 1.54) is 0 Å². The molecule has 0 bridgehead atoms. The minimum atomic E-state index is -4.66. The van der Waals surface area contributed by atoms with E-state index in [0.717, 1.165) is 25.1 Å². The maximum Gasteiger partial charge on any atom is 0.429 e. The average Bonchev–Trinajstić information content (AvgIpc) is 2.71. The van der Waals surface area contributed by atoms with Crippen LogP contribution in [0.4, 0.5) is 13.2 Å². The van der Waals surface area contributed by atoms with Crippen molar-refractivity contribution in [3.63, 3.8) is 0 Å². The zero-order chi connectivity index (χ0) is 23.9. The lowest BCUT2D eigenvalue weighted by Crippen LogP contribution is -2.55. The first-order valence-corrected chi connectivity index (χ1v) is 9.87. The molecule has 1 fully saturated rings. The number of aliphatic hydroxyl groups is 2. The molecule has 0 amide bonds. The highest BCUT2D eigenvalue weighted by Gasteiger charge is 2.41. The predicted octanol–water partition coefficient (Wildman–Crippen LogP) is 2.08. The third kappa shape index (κ3) is 7.53. The van der Waals surface area contributed by atoms with Crippen LogP contribution in [0.15, 0.2) is 34.5 Å². The summed E-state index contributed by atoms with van der Waals surface area (Å²) in [5.74, 6) is -0.0761. The van der Waals surface area contributed by atoms with E-state index in [0.29, 0.717) is 5.92 Å². The first kappa shape index (κ1) is 25.7. The summed E-state index contributed by atoms with van der Waals surface area (Å²) in [6.07, 6.45) is -4.75. The predicted molar refractivity (Wildman–Crippen MR) is 109 cm³/mol. The van der Waals surface area contributed by atoms with Crippen LogP contribution in [0.1, 0.15) is 26.3 Å². The van der Waals surface area contributed by atoms with E-state index >= 15 is 0 Å². The highest BCUT2D eigenvalue weighted by Crippen LogP contribution is 2.23. The molecule has 4 atom stereocenters. The zero-order valence-electron chi connectivity index (χ0n) is 18.0. The van der Waals surface area contributed by atoms with Gasteiger partial charge in [0.2, 0.25) is 5.88 Å². The summed E-state index contributed by atoms with van der Waals surface area (Å²) in [6.45, 7) is 7.66. The average molecular weight is 460 g/mol. The van der Waals surface area contributed by atoms with Crippen molar-refractivity contribution in [1.82, 2.24) is 9.97 Å². The number of halogens is 3. The van der Waals surface area contributed by atoms with Gasteiger partial charge < -0.3 is 24.4 Å². The van der Waals surface area contributed by atoms with E-state index in [1.807, 2.05) is 0 Å². The van der Waals surface area contributed by atoms with Gasteiger partial charge in [-0.1, -0.05) is 13.8 Å². The van der Waals surface area contributed by atoms with E-state index < -0.39 is 42.2 Å². The first-order valence-electron chi connectivity index (χ1n) is 9.87. The molecule has 178 valence electrons. The Bertz CT molecular complexity index is 814. The van der Waals surface area contributed by atoms with Gasteiger partial charge in [-0.15, -0.1) is 0 Å². The fourth-order valence-corrected chi connectivity index (χ4v) is 2.80. The number of ether oxygens (including phenoxy) is 3. The Hall–Kier alpha value is -2.57. The first-order chi connectivity index (χ1) is 15.0. The van der Waals surface area contributed by atoms with Crippen molar-refractivity contribution in [2.45, 2.75) is 57.8 Å². The topological polar surface area (TPSA) is 119 Å². The fourth-order valence-electron chi connectivity index (χ4n) is 2.80. The molecule has 0 unspecified atom stereocenters. The van der Waals surface area contributed by atoms with Gasteiger partial charge in [0.15, 0.2) is 6.10 Å². The van der Waals surface area contributed by atoms with Crippen LogP contribution in [-0.2, 0) is 15.9 Å². The summed E-state index contributed by atoms with van der Waals surface area (Å²) in [7, 11) is 0. The molecule has 32 heavy (non-hydrogen) atoms. The molecule has 9 nitrogen and oxygen atoms in total. The quantitative estimate of drug-likeness (QED) is 0.428. The van der Waals surface area contributed by atoms with Crippen molar-refractivity contribution in [2.75, 3.05) is 13.2 Å². The summed E-state index contributed by atoms with van der Waals surface area (Å²) >= 11 is 0. The van der Waals surface area contributed by atoms with Gasteiger partial charge in [0, 0.05) is 12.4 Å². The van der Waals surface area contributed by atoms with Crippen LogP contribution in [0.25, 0.3) is 0 Å². The maximum atomic E-state index is 12.7. The third-order valence-electron chi connectivity index (χ3n) is 4.45. The maximum absolute atomic E-state index is 12.7. The molecular weight excluding hydrogens is 433 g/mol. The van der Waals surface area contributed by atoms with Gasteiger partial charge >= 0.3 is 12.2 Å². The van der Waals surface area contributed by atoms with Gasteiger partial charge in [-0.25, -0.2) is 15.0 Å². The Morgan fingerprint density at radius 3 is 2.53 bits per heavy atom. The van der Waals surface area contributed by atoms with Crippen molar-refractivity contribution in [1.29, 1.82) is 0 Å². The van der Waals surface area contributed by atoms with Crippen molar-refractivity contribution >= 4 is 12.4 Å². The van der Waals surface area contributed by atoms with Crippen molar-refractivity contribution in [3.05, 3.63) is 30.0 Å². The monoisotopic (exact) mass is 460 g/mol. The molecule has 1 aromatic rings. The molecule has 2 heterocycles. The van der Waals surface area contributed by atoms with Gasteiger partial charge in [0.1, 0.15) is 30.6 Å². The lowest BCUT2D eigenvalue weighted by Gasteiger charge is -2.37. The van der Waals surface area contributed by atoms with Crippen molar-refractivity contribution in [2.24, 2.45) is 15.9 Å². The SMILES string of the molecule is C=N/C=C(\N=C(/C)C(F)(F)F)O[C@H]1CO[C@H](COc2ncc(CC(C)C)cn2)[C@H](O)[C@@H]1O. The molecule has 0 radical (unpaired) electrons. The summed E-state index contributed by atoms with van der Waals surface area (Å²) in [5, 5.41) is 20.7. The Labute approximate surface area is 183 Å². The number of nitrogens with zero attached hydrogens (tertiary/aromatic N) is 4. The second-order valence-corrected chi connectivity index (χ2v) is 7.64. The van der Waals surface area contributed by atoms with E-state index in [4.69, 9.17) is 14.2 Å². The molecule has 1 aliphatic rings. The van der Waals surface area contributed by atoms with Gasteiger partial charge in [0.25, 0.3) is 0 Å². The molecule has 12 heteroatoms. The van der Waals surface area contributed by atoms with E-state index in [1.54, 1.807) is 12.4 Å². The number of hydrogen-bond acceptors (Lipinski definition) is 9. The van der Waals surface area contributed by atoms with Crippen LogP contribution >= 0.6 is 0 Å². The van der Waals surface area contributed by atoms with Crippen molar-refractivity contribution in [3.8, 4) is 6.01 Å². The van der Waals surface area contributed by atoms with Crippen molar-refractivity contribution < 1.29 is 37.6 Å². The van der Waals surface area contributed by atoms with E-state index in [-0.39, 0.29) is 19.2 Å². The fraction of sp³-hybridized carbons (Fsp3) is 0.600. The van der Waals surface area contributed by atoms with Crippen LogP contribution < -0.4 is 4.74 Å². The molecule has 0 aromatic carbocycles. The smallest absolute Gasteiger partial charge is 0.429 e. The lowest BCUT2D eigenvalue weighted by atomic mass is 10.0. The van der Waals surface area contributed by atoms with Crippen LogP contribution in [0.3, 0.4) is 0 Å². The molecule has 0 saturated carbocycles. The summed E-state index contributed by atoms with van der Waals surface area (Å²) in [6, 6.07) is 0.0837. The van der Waals surface area contributed by atoms with Crippen LogP contribution in [0, 0.1) is 5.92 Å². The minimum Gasteiger partial charge on any atom is -0.468 e. The second kappa shape index (κ2) is 11.3. The Balaban J connectivity index is 1.95. The summed E-state index contributed by atoms with van der Waals surface area (Å²) < 4.78 is 54.3. The van der Waals surface area contributed by atoms with Gasteiger partial charge in [0.05, 0.1) is 12.8 Å². The molecule has 2 N–H and O–H groups in total. The second-order valence-electron chi connectivity index (χ2n) is 7.64. The van der Waals surface area contributed by atoms with Gasteiger partial charge in [-0.05, 0) is 31.5 Å². The highest BCUT2D eigenvalue weighted by molar-refractivity contribution is 5.88. The normalized spacial score (nSPS) is 25.0. The number of hydrogen-bond donors (Lipinski definition) is 2. The number of aliphatic hydroxyl groups excluding tert-OH is 2. The summed E-state index contributed by atoms with van der Waals surface area (Å²) in [4.78, 5) is 14.9. The molecular formula is C20H27F3N4O5. The number of rotatable bonds is 9. The molecule has 2 rings (SSSR count). The molecule has 1 saturated heterocycles. The minimum absolute atomic E-state index is 0.0837.